The quantitative estimate of drug-likeness (QED) is 0.881. The second-order valence-electron chi connectivity index (χ2n) is 5.79. The number of benzene rings is 1. The Kier molecular flexibility index (Phi) is 5.50. The number of carbonyl (C=O) groups excluding carboxylic acids is 2. The van der Waals surface area contributed by atoms with Crippen LogP contribution in [0.3, 0.4) is 0 Å². The van der Waals surface area contributed by atoms with Crippen LogP contribution in [0.4, 0.5) is 5.69 Å². The van der Waals surface area contributed by atoms with Crippen molar-refractivity contribution in [2.45, 2.75) is 27.7 Å². The van der Waals surface area contributed by atoms with Gasteiger partial charge < -0.3 is 10.6 Å². The van der Waals surface area contributed by atoms with Crippen LogP contribution < -0.4 is 10.6 Å². The van der Waals surface area contributed by atoms with E-state index in [1.807, 2.05) is 31.2 Å². The summed E-state index contributed by atoms with van der Waals surface area (Å²) in [7, 11) is 0. The second kappa shape index (κ2) is 7.37. The molecule has 23 heavy (non-hydrogen) atoms. The number of amides is 2. The molecule has 1 heterocycles. The van der Waals surface area contributed by atoms with Gasteiger partial charge in [0.2, 0.25) is 5.91 Å². The van der Waals surface area contributed by atoms with E-state index < -0.39 is 0 Å². The molecule has 0 atom stereocenters. The Balaban J connectivity index is 2.16. The van der Waals surface area contributed by atoms with Crippen LogP contribution in [0.15, 0.2) is 24.3 Å². The van der Waals surface area contributed by atoms with Gasteiger partial charge in [-0.05, 0) is 37.1 Å². The maximum Gasteiger partial charge on any atom is 0.271 e. The number of anilines is 1. The molecule has 2 N–H and O–H groups in total. The van der Waals surface area contributed by atoms with Gasteiger partial charge in [-0.1, -0.05) is 13.8 Å². The SMILES string of the molecule is CC(=O)Nc1ccc(-c2nc(C(=O)NCC(C)C)c(C)s2)cc1. The molecular formula is C17H21N3O2S. The first-order chi connectivity index (χ1) is 10.9. The number of rotatable bonds is 5. The van der Waals surface area contributed by atoms with E-state index in [9.17, 15) is 9.59 Å². The number of aromatic nitrogens is 1. The highest BCUT2D eigenvalue weighted by Crippen LogP contribution is 2.28. The lowest BCUT2D eigenvalue weighted by Gasteiger charge is -2.06. The molecule has 5 nitrogen and oxygen atoms in total. The molecule has 0 unspecified atom stereocenters. The lowest BCUT2D eigenvalue weighted by molar-refractivity contribution is -0.114. The summed E-state index contributed by atoms with van der Waals surface area (Å²) in [5.74, 6) is 0.166. The Labute approximate surface area is 140 Å². The standard InChI is InChI=1S/C17H21N3O2S/c1-10(2)9-18-16(22)15-11(3)23-17(20-15)13-5-7-14(8-6-13)19-12(4)21/h5-8,10H,9H2,1-4H3,(H,18,22)(H,19,21). The van der Waals surface area contributed by atoms with Gasteiger partial charge in [0.15, 0.2) is 0 Å². The number of thiazole rings is 1. The van der Waals surface area contributed by atoms with E-state index in [1.54, 1.807) is 0 Å². The Morgan fingerprint density at radius 2 is 1.87 bits per heavy atom. The third-order valence-corrected chi connectivity index (χ3v) is 4.15. The number of hydrogen-bond donors (Lipinski definition) is 2. The minimum Gasteiger partial charge on any atom is -0.350 e. The topological polar surface area (TPSA) is 71.1 Å². The van der Waals surface area contributed by atoms with Crippen molar-refractivity contribution in [2.24, 2.45) is 5.92 Å². The summed E-state index contributed by atoms with van der Waals surface area (Å²) in [6, 6.07) is 7.43. The first-order valence-electron chi connectivity index (χ1n) is 7.50. The number of carbonyl (C=O) groups is 2. The fourth-order valence-electron chi connectivity index (χ4n) is 2.01. The smallest absolute Gasteiger partial charge is 0.271 e. The fraction of sp³-hybridized carbons (Fsp3) is 0.353. The summed E-state index contributed by atoms with van der Waals surface area (Å²) in [4.78, 5) is 28.6. The van der Waals surface area contributed by atoms with Gasteiger partial charge in [0.05, 0.1) is 0 Å². The van der Waals surface area contributed by atoms with E-state index in [0.717, 1.165) is 21.1 Å². The fourth-order valence-corrected chi connectivity index (χ4v) is 2.93. The third-order valence-electron chi connectivity index (χ3n) is 3.13. The average molecular weight is 331 g/mol. The molecule has 0 radical (unpaired) electrons. The highest BCUT2D eigenvalue weighted by Gasteiger charge is 2.16. The molecule has 2 rings (SSSR count). The van der Waals surface area contributed by atoms with Gasteiger partial charge in [-0.3, -0.25) is 9.59 Å². The molecule has 0 fully saturated rings. The third kappa shape index (κ3) is 4.63. The average Bonchev–Trinajstić information content (AvgIpc) is 2.87. The molecule has 1 aromatic heterocycles. The van der Waals surface area contributed by atoms with Crippen LogP contribution in [-0.2, 0) is 4.79 Å². The van der Waals surface area contributed by atoms with Crippen molar-refractivity contribution in [2.75, 3.05) is 11.9 Å². The van der Waals surface area contributed by atoms with Gasteiger partial charge >= 0.3 is 0 Å². The van der Waals surface area contributed by atoms with Crippen molar-refractivity contribution in [1.29, 1.82) is 0 Å². The number of nitrogens with zero attached hydrogens (tertiary/aromatic N) is 1. The lowest BCUT2D eigenvalue weighted by Crippen LogP contribution is -2.28. The highest BCUT2D eigenvalue weighted by atomic mass is 32.1. The summed E-state index contributed by atoms with van der Waals surface area (Å²) in [5.41, 5.74) is 2.15. The van der Waals surface area contributed by atoms with Crippen molar-refractivity contribution in [3.63, 3.8) is 0 Å². The van der Waals surface area contributed by atoms with Crippen molar-refractivity contribution < 1.29 is 9.59 Å². The molecule has 0 aliphatic carbocycles. The predicted octanol–water partition coefficient (Wildman–Crippen LogP) is 3.46. The molecule has 0 aliphatic rings. The Hall–Kier alpha value is -2.21. The maximum absolute atomic E-state index is 12.2. The molecular weight excluding hydrogens is 310 g/mol. The lowest BCUT2D eigenvalue weighted by atomic mass is 10.2. The van der Waals surface area contributed by atoms with E-state index in [2.05, 4.69) is 29.5 Å². The van der Waals surface area contributed by atoms with Crippen LogP contribution >= 0.6 is 11.3 Å². The zero-order valence-electron chi connectivity index (χ0n) is 13.8. The first kappa shape index (κ1) is 17.1. The Bertz CT molecular complexity index is 705. The van der Waals surface area contributed by atoms with Crippen LogP contribution in [0.5, 0.6) is 0 Å². The molecule has 122 valence electrons. The largest absolute Gasteiger partial charge is 0.350 e. The van der Waals surface area contributed by atoms with Crippen LogP contribution in [0, 0.1) is 12.8 Å². The van der Waals surface area contributed by atoms with E-state index in [0.29, 0.717) is 18.2 Å². The van der Waals surface area contributed by atoms with Crippen LogP contribution in [-0.4, -0.2) is 23.3 Å². The van der Waals surface area contributed by atoms with Crippen molar-refractivity contribution in [3.8, 4) is 10.6 Å². The molecule has 0 saturated heterocycles. The van der Waals surface area contributed by atoms with E-state index >= 15 is 0 Å². The summed E-state index contributed by atoms with van der Waals surface area (Å²) >= 11 is 1.49. The van der Waals surface area contributed by atoms with E-state index in [4.69, 9.17) is 0 Å². The van der Waals surface area contributed by atoms with Crippen LogP contribution in [0.1, 0.15) is 36.1 Å². The normalized spacial score (nSPS) is 10.7. The zero-order valence-corrected chi connectivity index (χ0v) is 14.6. The van der Waals surface area contributed by atoms with Gasteiger partial charge in [-0.15, -0.1) is 11.3 Å². The summed E-state index contributed by atoms with van der Waals surface area (Å²) in [5, 5.41) is 6.42. The zero-order chi connectivity index (χ0) is 17.0. The van der Waals surface area contributed by atoms with Gasteiger partial charge in [-0.2, -0.15) is 0 Å². The number of hydrogen-bond acceptors (Lipinski definition) is 4. The van der Waals surface area contributed by atoms with Gasteiger partial charge in [-0.25, -0.2) is 4.98 Å². The molecule has 6 heteroatoms. The van der Waals surface area contributed by atoms with Gasteiger partial charge in [0.1, 0.15) is 10.7 Å². The minimum atomic E-state index is -0.131. The Morgan fingerprint density at radius 3 is 2.43 bits per heavy atom. The maximum atomic E-state index is 12.2. The molecule has 1 aromatic carbocycles. The minimum absolute atomic E-state index is 0.105. The van der Waals surface area contributed by atoms with Crippen molar-refractivity contribution in [1.82, 2.24) is 10.3 Å². The Morgan fingerprint density at radius 1 is 1.22 bits per heavy atom. The predicted molar refractivity (Wildman–Crippen MR) is 93.8 cm³/mol. The first-order valence-corrected chi connectivity index (χ1v) is 8.32. The number of aryl methyl sites for hydroxylation is 1. The summed E-state index contributed by atoms with van der Waals surface area (Å²) in [6.45, 7) is 8.11. The molecule has 0 spiro atoms. The van der Waals surface area contributed by atoms with Crippen LogP contribution in [0.2, 0.25) is 0 Å². The van der Waals surface area contributed by atoms with Crippen molar-refractivity contribution >= 4 is 28.8 Å². The summed E-state index contributed by atoms with van der Waals surface area (Å²) < 4.78 is 0. The van der Waals surface area contributed by atoms with Crippen molar-refractivity contribution in [3.05, 3.63) is 34.8 Å². The number of nitrogens with one attached hydrogen (secondary N) is 2. The van der Waals surface area contributed by atoms with Gasteiger partial charge in [0.25, 0.3) is 5.91 Å². The monoisotopic (exact) mass is 331 g/mol. The molecule has 0 aliphatic heterocycles. The van der Waals surface area contributed by atoms with Crippen LogP contribution in [0.25, 0.3) is 10.6 Å². The molecule has 2 aromatic rings. The van der Waals surface area contributed by atoms with E-state index in [1.165, 1.54) is 18.3 Å². The van der Waals surface area contributed by atoms with E-state index in [-0.39, 0.29) is 11.8 Å². The molecule has 2 amide bonds. The van der Waals surface area contributed by atoms with Gasteiger partial charge in [0, 0.05) is 29.6 Å². The molecule has 0 saturated carbocycles. The second-order valence-corrected chi connectivity index (χ2v) is 6.99. The highest BCUT2D eigenvalue weighted by molar-refractivity contribution is 7.15. The summed E-state index contributed by atoms with van der Waals surface area (Å²) in [6.07, 6.45) is 0. The molecule has 0 bridgehead atoms.